The van der Waals surface area contributed by atoms with Crippen LogP contribution in [0.15, 0.2) is 15.9 Å². The van der Waals surface area contributed by atoms with Gasteiger partial charge in [-0.15, -0.1) is 11.3 Å². The molecule has 1 aromatic rings. The first-order chi connectivity index (χ1) is 6.25. The van der Waals surface area contributed by atoms with Crippen LogP contribution < -0.4 is 5.32 Å². The van der Waals surface area contributed by atoms with Gasteiger partial charge in [0.05, 0.1) is 0 Å². The Morgan fingerprint density at radius 3 is 3.00 bits per heavy atom. The van der Waals surface area contributed by atoms with Crippen molar-refractivity contribution >= 4 is 33.2 Å². The van der Waals surface area contributed by atoms with Crippen LogP contribution in [0.4, 0.5) is 0 Å². The number of thiophene rings is 1. The number of unbranched alkanes of at least 4 members (excludes halogenated alkanes) is 1. The quantitative estimate of drug-likeness (QED) is 0.830. The van der Waals surface area contributed by atoms with E-state index in [0.717, 1.165) is 28.7 Å². The third-order valence-electron chi connectivity index (χ3n) is 1.64. The molecule has 4 heteroatoms. The summed E-state index contributed by atoms with van der Waals surface area (Å²) in [5, 5.41) is 4.77. The Hall–Kier alpha value is -0.350. The first-order valence-electron chi connectivity index (χ1n) is 4.27. The van der Waals surface area contributed by atoms with Crippen molar-refractivity contribution in [3.8, 4) is 0 Å². The monoisotopic (exact) mass is 261 g/mol. The van der Waals surface area contributed by atoms with E-state index >= 15 is 0 Å². The van der Waals surface area contributed by atoms with E-state index in [-0.39, 0.29) is 5.91 Å². The maximum atomic E-state index is 11.5. The van der Waals surface area contributed by atoms with Gasteiger partial charge in [0.2, 0.25) is 0 Å². The Bertz CT molecular complexity index is 285. The fourth-order valence-electron chi connectivity index (χ4n) is 0.915. The molecule has 0 fully saturated rings. The Morgan fingerprint density at radius 2 is 2.46 bits per heavy atom. The zero-order valence-corrected chi connectivity index (χ0v) is 9.87. The van der Waals surface area contributed by atoms with Crippen LogP contribution in [0.3, 0.4) is 0 Å². The molecule has 1 heterocycles. The van der Waals surface area contributed by atoms with Crippen LogP contribution >= 0.6 is 27.3 Å². The second-order valence-electron chi connectivity index (χ2n) is 2.71. The second-order valence-corrected chi connectivity index (χ2v) is 4.48. The molecular formula is C9H12BrNOS. The van der Waals surface area contributed by atoms with Gasteiger partial charge in [-0.3, -0.25) is 4.79 Å². The first kappa shape index (κ1) is 10.7. The molecule has 13 heavy (non-hydrogen) atoms. The van der Waals surface area contributed by atoms with Gasteiger partial charge in [0, 0.05) is 11.0 Å². The Balaban J connectivity index is 2.45. The fraction of sp³-hybridized carbons (Fsp3) is 0.444. The molecule has 2 nitrogen and oxygen atoms in total. The van der Waals surface area contributed by atoms with Gasteiger partial charge in [-0.05, 0) is 33.8 Å². The highest BCUT2D eigenvalue weighted by molar-refractivity contribution is 9.10. The predicted octanol–water partition coefficient (Wildman–Crippen LogP) is 3.04. The standard InChI is InChI=1S/C9H12BrNOS/c1-2-3-5-11-9(12)8-7(10)4-6-13-8/h4,6H,2-3,5H2,1H3,(H,11,12). The van der Waals surface area contributed by atoms with Crippen LogP contribution in [0, 0.1) is 0 Å². The van der Waals surface area contributed by atoms with Crippen molar-refractivity contribution in [1.29, 1.82) is 0 Å². The SMILES string of the molecule is CCCCNC(=O)c1sccc1Br. The molecule has 0 saturated carbocycles. The van der Waals surface area contributed by atoms with Crippen molar-refractivity contribution in [2.24, 2.45) is 0 Å². The van der Waals surface area contributed by atoms with Gasteiger partial charge in [0.25, 0.3) is 5.91 Å². The minimum absolute atomic E-state index is 0.0234. The fourth-order valence-corrected chi connectivity index (χ4v) is 2.38. The lowest BCUT2D eigenvalue weighted by Gasteiger charge is -2.01. The number of halogens is 1. The highest BCUT2D eigenvalue weighted by Gasteiger charge is 2.09. The minimum atomic E-state index is 0.0234. The molecule has 0 aromatic carbocycles. The molecule has 1 aromatic heterocycles. The summed E-state index contributed by atoms with van der Waals surface area (Å²) in [6, 6.07) is 1.89. The minimum Gasteiger partial charge on any atom is -0.351 e. The maximum Gasteiger partial charge on any atom is 0.262 e. The summed E-state index contributed by atoms with van der Waals surface area (Å²) >= 11 is 4.78. The molecule has 0 aliphatic carbocycles. The van der Waals surface area contributed by atoms with Crippen LogP contribution in [0.5, 0.6) is 0 Å². The first-order valence-corrected chi connectivity index (χ1v) is 5.94. The molecule has 0 aliphatic heterocycles. The molecule has 1 amide bonds. The summed E-state index contributed by atoms with van der Waals surface area (Å²) in [6.45, 7) is 2.87. The van der Waals surface area contributed by atoms with Gasteiger partial charge in [-0.2, -0.15) is 0 Å². The number of nitrogens with one attached hydrogen (secondary N) is 1. The largest absolute Gasteiger partial charge is 0.351 e. The summed E-state index contributed by atoms with van der Waals surface area (Å²) in [7, 11) is 0. The smallest absolute Gasteiger partial charge is 0.262 e. The van der Waals surface area contributed by atoms with E-state index in [1.807, 2.05) is 11.4 Å². The van der Waals surface area contributed by atoms with Crippen molar-refractivity contribution < 1.29 is 4.79 Å². The average molecular weight is 262 g/mol. The van der Waals surface area contributed by atoms with Crippen molar-refractivity contribution in [3.63, 3.8) is 0 Å². The van der Waals surface area contributed by atoms with E-state index in [1.54, 1.807) is 0 Å². The van der Waals surface area contributed by atoms with E-state index in [2.05, 4.69) is 28.2 Å². The predicted molar refractivity (Wildman–Crippen MR) is 59.3 cm³/mol. The van der Waals surface area contributed by atoms with Gasteiger partial charge in [0.15, 0.2) is 0 Å². The number of hydrogen-bond acceptors (Lipinski definition) is 2. The Kier molecular flexibility index (Phi) is 4.45. The number of carbonyl (C=O) groups is 1. The van der Waals surface area contributed by atoms with E-state index in [1.165, 1.54) is 11.3 Å². The molecule has 0 spiro atoms. The zero-order valence-electron chi connectivity index (χ0n) is 7.47. The van der Waals surface area contributed by atoms with Gasteiger partial charge in [-0.1, -0.05) is 13.3 Å². The third-order valence-corrected chi connectivity index (χ3v) is 3.48. The number of hydrogen-bond donors (Lipinski definition) is 1. The molecule has 1 N–H and O–H groups in total. The average Bonchev–Trinajstić information content (AvgIpc) is 2.52. The molecule has 0 aliphatic rings. The third kappa shape index (κ3) is 3.12. The van der Waals surface area contributed by atoms with Crippen molar-refractivity contribution in [1.82, 2.24) is 5.32 Å². The molecule has 72 valence electrons. The number of amides is 1. The van der Waals surface area contributed by atoms with Crippen LogP contribution in [-0.4, -0.2) is 12.5 Å². The molecule has 0 radical (unpaired) electrons. The molecular weight excluding hydrogens is 250 g/mol. The molecule has 0 bridgehead atoms. The topological polar surface area (TPSA) is 29.1 Å². The normalized spacial score (nSPS) is 10.0. The molecule has 1 rings (SSSR count). The van der Waals surface area contributed by atoms with Crippen molar-refractivity contribution in [3.05, 3.63) is 20.8 Å². The second kappa shape index (κ2) is 5.40. The van der Waals surface area contributed by atoms with Crippen LogP contribution in [0.25, 0.3) is 0 Å². The van der Waals surface area contributed by atoms with E-state index < -0.39 is 0 Å². The molecule has 0 atom stereocenters. The maximum absolute atomic E-state index is 11.5. The molecule has 0 saturated heterocycles. The zero-order chi connectivity index (χ0) is 9.68. The summed E-state index contributed by atoms with van der Waals surface area (Å²) in [6.07, 6.45) is 2.14. The number of carbonyl (C=O) groups excluding carboxylic acids is 1. The van der Waals surface area contributed by atoms with Gasteiger partial charge in [-0.25, -0.2) is 0 Å². The lowest BCUT2D eigenvalue weighted by atomic mass is 10.3. The summed E-state index contributed by atoms with van der Waals surface area (Å²) in [5.41, 5.74) is 0. The van der Waals surface area contributed by atoms with Gasteiger partial charge in [0.1, 0.15) is 4.88 Å². The highest BCUT2D eigenvalue weighted by atomic mass is 79.9. The van der Waals surface area contributed by atoms with Gasteiger partial charge < -0.3 is 5.32 Å². The summed E-state index contributed by atoms with van der Waals surface area (Å²) < 4.78 is 0.881. The number of rotatable bonds is 4. The van der Waals surface area contributed by atoms with E-state index in [4.69, 9.17) is 0 Å². The summed E-state index contributed by atoms with van der Waals surface area (Å²) in [4.78, 5) is 12.2. The van der Waals surface area contributed by atoms with Crippen LogP contribution in [-0.2, 0) is 0 Å². The lowest BCUT2D eigenvalue weighted by molar-refractivity contribution is 0.0956. The Labute approximate surface area is 90.5 Å². The Morgan fingerprint density at radius 1 is 1.69 bits per heavy atom. The van der Waals surface area contributed by atoms with Gasteiger partial charge >= 0.3 is 0 Å². The highest BCUT2D eigenvalue weighted by Crippen LogP contribution is 2.22. The van der Waals surface area contributed by atoms with Crippen LogP contribution in [0.2, 0.25) is 0 Å². The van der Waals surface area contributed by atoms with E-state index in [0.29, 0.717) is 0 Å². The van der Waals surface area contributed by atoms with Crippen molar-refractivity contribution in [2.75, 3.05) is 6.54 Å². The van der Waals surface area contributed by atoms with Crippen molar-refractivity contribution in [2.45, 2.75) is 19.8 Å². The van der Waals surface area contributed by atoms with Crippen LogP contribution in [0.1, 0.15) is 29.4 Å². The lowest BCUT2D eigenvalue weighted by Crippen LogP contribution is -2.23. The summed E-state index contributed by atoms with van der Waals surface area (Å²) in [5.74, 6) is 0.0234. The molecule has 0 unspecified atom stereocenters. The van der Waals surface area contributed by atoms with E-state index in [9.17, 15) is 4.79 Å².